The number of carbonyl (C=O) groups is 2. The van der Waals surface area contributed by atoms with E-state index in [0.29, 0.717) is 28.7 Å². The average Bonchev–Trinajstić information content (AvgIpc) is 2.69. The van der Waals surface area contributed by atoms with Crippen LogP contribution in [0.3, 0.4) is 0 Å². The lowest BCUT2D eigenvalue weighted by Crippen LogP contribution is -2.53. The van der Waals surface area contributed by atoms with E-state index < -0.39 is 0 Å². The molecule has 8 heteroatoms. The molecule has 2 aliphatic carbocycles. The van der Waals surface area contributed by atoms with Crippen LogP contribution in [0.5, 0.6) is 0 Å². The van der Waals surface area contributed by atoms with Crippen LogP contribution < -0.4 is 16.4 Å². The standard InChI is InChI=1S/C22H26N4O2.2ClH/c23-18-10-14-4-1-5-15(11-18)20(14)26-21(27)16-6-2-8-19(12-16)25-22(28)17-7-3-9-24-13-17;;/h2-3,6-9,12-15,18,20H,1,4-5,10-11,23H2,(H,25,28)(H,26,27);2*1H. The Balaban J connectivity index is 0.00000160. The van der Waals surface area contributed by atoms with Gasteiger partial charge < -0.3 is 16.4 Å². The highest BCUT2D eigenvalue weighted by Gasteiger charge is 2.39. The summed E-state index contributed by atoms with van der Waals surface area (Å²) < 4.78 is 0. The van der Waals surface area contributed by atoms with Crippen molar-refractivity contribution in [1.29, 1.82) is 0 Å². The maximum absolute atomic E-state index is 12.9. The number of nitrogens with zero attached hydrogens (tertiary/aromatic N) is 1. The normalized spacial score (nSPS) is 24.6. The zero-order chi connectivity index (χ0) is 19.5. The van der Waals surface area contributed by atoms with Crippen molar-refractivity contribution in [3.63, 3.8) is 0 Å². The number of hydrogen-bond donors (Lipinski definition) is 3. The van der Waals surface area contributed by atoms with Crippen molar-refractivity contribution >= 4 is 42.3 Å². The lowest BCUT2D eigenvalue weighted by atomic mass is 9.67. The second-order valence-corrected chi connectivity index (χ2v) is 7.96. The molecule has 0 saturated heterocycles. The molecule has 2 aromatic rings. The zero-order valence-corrected chi connectivity index (χ0v) is 18.3. The number of benzene rings is 1. The molecule has 0 aliphatic heterocycles. The molecule has 4 rings (SSSR count). The number of hydrogen-bond acceptors (Lipinski definition) is 4. The van der Waals surface area contributed by atoms with Crippen molar-refractivity contribution in [2.75, 3.05) is 5.32 Å². The van der Waals surface area contributed by atoms with Gasteiger partial charge in [0.25, 0.3) is 11.8 Å². The summed E-state index contributed by atoms with van der Waals surface area (Å²) in [7, 11) is 0. The van der Waals surface area contributed by atoms with Gasteiger partial charge in [0.15, 0.2) is 0 Å². The first-order chi connectivity index (χ1) is 13.6. The van der Waals surface area contributed by atoms with Crippen LogP contribution in [-0.2, 0) is 0 Å². The van der Waals surface area contributed by atoms with Gasteiger partial charge >= 0.3 is 0 Å². The predicted molar refractivity (Wildman–Crippen MR) is 122 cm³/mol. The van der Waals surface area contributed by atoms with Crippen molar-refractivity contribution in [3.05, 3.63) is 59.9 Å². The molecule has 2 fully saturated rings. The van der Waals surface area contributed by atoms with Crippen molar-refractivity contribution in [2.45, 2.75) is 44.2 Å². The number of amides is 2. The maximum atomic E-state index is 12.9. The highest BCUT2D eigenvalue weighted by atomic mass is 35.5. The van der Waals surface area contributed by atoms with Crippen molar-refractivity contribution in [2.24, 2.45) is 17.6 Å². The molecule has 2 bridgehead atoms. The second-order valence-electron chi connectivity index (χ2n) is 7.96. The number of nitrogens with one attached hydrogen (secondary N) is 2. The Labute approximate surface area is 189 Å². The summed E-state index contributed by atoms with van der Waals surface area (Å²) in [6, 6.07) is 10.9. The van der Waals surface area contributed by atoms with E-state index in [1.807, 2.05) is 0 Å². The fourth-order valence-corrected chi connectivity index (χ4v) is 4.70. The lowest BCUT2D eigenvalue weighted by molar-refractivity contribution is 0.0756. The fraction of sp³-hybridized carbons (Fsp3) is 0.409. The van der Waals surface area contributed by atoms with E-state index in [1.165, 1.54) is 12.6 Å². The van der Waals surface area contributed by atoms with E-state index in [1.54, 1.807) is 42.6 Å². The Hall–Kier alpha value is -2.15. The summed E-state index contributed by atoms with van der Waals surface area (Å²) >= 11 is 0. The fourth-order valence-electron chi connectivity index (χ4n) is 4.70. The molecule has 2 unspecified atom stereocenters. The summed E-state index contributed by atoms with van der Waals surface area (Å²) in [6.07, 6.45) is 8.61. The molecule has 0 spiro atoms. The first kappa shape index (κ1) is 24.1. The summed E-state index contributed by atoms with van der Waals surface area (Å²) in [6.45, 7) is 0. The molecular weight excluding hydrogens is 423 g/mol. The zero-order valence-electron chi connectivity index (χ0n) is 16.6. The van der Waals surface area contributed by atoms with Crippen molar-refractivity contribution in [3.8, 4) is 0 Å². The van der Waals surface area contributed by atoms with E-state index in [-0.39, 0.29) is 48.7 Å². The predicted octanol–water partition coefficient (Wildman–Crippen LogP) is 3.81. The summed E-state index contributed by atoms with van der Waals surface area (Å²) in [5.41, 5.74) is 7.80. The molecule has 2 amide bonds. The van der Waals surface area contributed by atoms with Crippen LogP contribution in [0.15, 0.2) is 48.8 Å². The van der Waals surface area contributed by atoms with Gasteiger partial charge in [-0.25, -0.2) is 0 Å². The van der Waals surface area contributed by atoms with Gasteiger partial charge in [-0.3, -0.25) is 14.6 Å². The third kappa shape index (κ3) is 5.50. The van der Waals surface area contributed by atoms with E-state index in [4.69, 9.17) is 5.73 Å². The highest BCUT2D eigenvalue weighted by Crippen LogP contribution is 2.39. The minimum Gasteiger partial charge on any atom is -0.349 e. The second kappa shape index (κ2) is 10.8. The number of rotatable bonds is 4. The largest absolute Gasteiger partial charge is 0.349 e. The first-order valence-electron chi connectivity index (χ1n) is 9.98. The quantitative estimate of drug-likeness (QED) is 0.659. The number of nitrogens with two attached hydrogens (primary N) is 1. The third-order valence-corrected chi connectivity index (χ3v) is 5.98. The molecule has 1 aromatic carbocycles. The van der Waals surface area contributed by atoms with Crippen LogP contribution in [0, 0.1) is 11.8 Å². The van der Waals surface area contributed by atoms with Crippen LogP contribution in [0.1, 0.15) is 52.8 Å². The monoisotopic (exact) mass is 450 g/mol. The number of anilines is 1. The van der Waals surface area contributed by atoms with Gasteiger partial charge in [-0.05, 0) is 67.9 Å². The minimum atomic E-state index is -0.249. The minimum absolute atomic E-state index is 0. The Morgan fingerprint density at radius 1 is 0.967 bits per heavy atom. The molecular formula is C22H28Cl2N4O2. The van der Waals surface area contributed by atoms with Crippen molar-refractivity contribution in [1.82, 2.24) is 10.3 Å². The number of carbonyl (C=O) groups excluding carboxylic acids is 2. The Morgan fingerprint density at radius 3 is 2.33 bits per heavy atom. The lowest BCUT2D eigenvalue weighted by Gasteiger charge is -2.45. The van der Waals surface area contributed by atoms with Gasteiger partial charge in [0.05, 0.1) is 5.56 Å². The number of halogens is 2. The molecule has 30 heavy (non-hydrogen) atoms. The molecule has 1 aromatic heterocycles. The smallest absolute Gasteiger partial charge is 0.257 e. The van der Waals surface area contributed by atoms with Gasteiger partial charge in [0, 0.05) is 35.7 Å². The Bertz CT molecular complexity index is 851. The van der Waals surface area contributed by atoms with Gasteiger partial charge in [0.2, 0.25) is 0 Å². The van der Waals surface area contributed by atoms with Crippen LogP contribution >= 0.6 is 24.8 Å². The Morgan fingerprint density at radius 2 is 1.67 bits per heavy atom. The van der Waals surface area contributed by atoms with Crippen LogP contribution in [0.25, 0.3) is 0 Å². The summed E-state index contributed by atoms with van der Waals surface area (Å²) in [5.74, 6) is 0.608. The molecule has 2 saturated carbocycles. The number of fused-ring (bicyclic) bond motifs is 2. The van der Waals surface area contributed by atoms with Gasteiger partial charge in [0.1, 0.15) is 0 Å². The molecule has 6 nitrogen and oxygen atoms in total. The third-order valence-electron chi connectivity index (χ3n) is 5.98. The van der Waals surface area contributed by atoms with E-state index >= 15 is 0 Å². The van der Waals surface area contributed by atoms with Crippen LogP contribution in [0.4, 0.5) is 5.69 Å². The molecule has 162 valence electrons. The molecule has 2 atom stereocenters. The van der Waals surface area contributed by atoms with Crippen LogP contribution in [-0.4, -0.2) is 28.9 Å². The molecule has 4 N–H and O–H groups in total. The summed E-state index contributed by atoms with van der Waals surface area (Å²) in [5, 5.41) is 6.08. The number of pyridine rings is 1. The first-order valence-corrected chi connectivity index (χ1v) is 9.98. The maximum Gasteiger partial charge on any atom is 0.257 e. The summed E-state index contributed by atoms with van der Waals surface area (Å²) in [4.78, 5) is 29.1. The topological polar surface area (TPSA) is 97.1 Å². The van der Waals surface area contributed by atoms with Gasteiger partial charge in [-0.2, -0.15) is 0 Å². The van der Waals surface area contributed by atoms with E-state index in [2.05, 4.69) is 15.6 Å². The van der Waals surface area contributed by atoms with E-state index in [0.717, 1.165) is 25.7 Å². The molecule has 2 aliphatic rings. The number of aromatic nitrogens is 1. The van der Waals surface area contributed by atoms with Crippen LogP contribution in [0.2, 0.25) is 0 Å². The van der Waals surface area contributed by atoms with Crippen molar-refractivity contribution < 1.29 is 9.59 Å². The van der Waals surface area contributed by atoms with Gasteiger partial charge in [-0.15, -0.1) is 24.8 Å². The average molecular weight is 451 g/mol. The van der Waals surface area contributed by atoms with E-state index in [9.17, 15) is 9.59 Å². The van der Waals surface area contributed by atoms with Gasteiger partial charge in [-0.1, -0.05) is 12.5 Å². The SMILES string of the molecule is Cl.Cl.NC1CC2CCCC(C1)C2NC(=O)c1cccc(NC(=O)c2cccnc2)c1. The molecule has 1 heterocycles. The molecule has 0 radical (unpaired) electrons. The Kier molecular flexibility index (Phi) is 8.65. The highest BCUT2D eigenvalue weighted by molar-refractivity contribution is 6.05.